The van der Waals surface area contributed by atoms with Crippen LogP contribution in [0.5, 0.6) is 0 Å². The lowest BCUT2D eigenvalue weighted by atomic mass is 9.98. The maximum Gasteiger partial charge on any atom is 0.393 e. The second-order valence-electron chi connectivity index (χ2n) is 5.74. The smallest absolute Gasteiger partial charge is 0.302 e. The molecular formula is C14H17F3N4S2. The molecule has 1 fully saturated rings. The molecule has 4 nitrogen and oxygen atoms in total. The van der Waals surface area contributed by atoms with Crippen LogP contribution in [0.15, 0.2) is 17.5 Å². The van der Waals surface area contributed by atoms with E-state index in [1.165, 1.54) is 0 Å². The van der Waals surface area contributed by atoms with Gasteiger partial charge in [-0.3, -0.25) is 4.90 Å². The minimum Gasteiger partial charge on any atom is -0.302 e. The number of hydrogen-bond acceptors (Lipinski definition) is 4. The molecule has 0 spiro atoms. The molecule has 0 radical (unpaired) electrons. The molecule has 1 atom stereocenters. The summed E-state index contributed by atoms with van der Waals surface area (Å²) in [6.07, 6.45) is -3.39. The van der Waals surface area contributed by atoms with E-state index in [0.29, 0.717) is 24.4 Å². The summed E-state index contributed by atoms with van der Waals surface area (Å²) in [6.45, 7) is 0.945. The summed E-state index contributed by atoms with van der Waals surface area (Å²) in [5, 5.41) is 6.45. The highest BCUT2D eigenvalue weighted by atomic mass is 32.1. The number of likely N-dealkylation sites (tertiary alicyclic amines) is 1. The van der Waals surface area contributed by atoms with Gasteiger partial charge in [-0.1, -0.05) is 6.07 Å². The lowest BCUT2D eigenvalue weighted by molar-refractivity contribution is -0.188. The standard InChI is InChI=1S/C14H17F3N4S2/c1-19-12(11-5-3-7-23-11)18-21(13(19)22)9-20-6-2-4-10(8-20)14(15,16)17/h3,5,7,10H,2,4,6,8-9H2,1H3. The number of alkyl halides is 3. The van der Waals surface area contributed by atoms with Gasteiger partial charge in [-0.05, 0) is 43.1 Å². The Hall–Kier alpha value is -1.19. The molecule has 3 rings (SSSR count). The Bertz CT molecular complexity index is 717. The van der Waals surface area contributed by atoms with Crippen LogP contribution in [0.1, 0.15) is 12.8 Å². The van der Waals surface area contributed by atoms with Gasteiger partial charge in [0.1, 0.15) is 0 Å². The molecule has 1 unspecified atom stereocenters. The van der Waals surface area contributed by atoms with Crippen LogP contribution in [0.3, 0.4) is 0 Å². The van der Waals surface area contributed by atoms with Gasteiger partial charge in [-0.2, -0.15) is 13.2 Å². The number of hydrogen-bond donors (Lipinski definition) is 0. The van der Waals surface area contributed by atoms with Crippen LogP contribution < -0.4 is 0 Å². The van der Waals surface area contributed by atoms with Crippen LogP contribution in [-0.4, -0.2) is 38.5 Å². The van der Waals surface area contributed by atoms with Crippen LogP contribution in [0.4, 0.5) is 13.2 Å². The predicted molar refractivity (Wildman–Crippen MR) is 85.7 cm³/mol. The van der Waals surface area contributed by atoms with Crippen molar-refractivity contribution >= 4 is 23.6 Å². The Labute approximate surface area is 141 Å². The largest absolute Gasteiger partial charge is 0.393 e. The van der Waals surface area contributed by atoms with Crippen LogP contribution >= 0.6 is 23.6 Å². The summed E-state index contributed by atoms with van der Waals surface area (Å²) >= 11 is 6.94. The number of halogens is 3. The van der Waals surface area contributed by atoms with E-state index in [1.807, 2.05) is 24.6 Å². The van der Waals surface area contributed by atoms with Gasteiger partial charge in [0.25, 0.3) is 0 Å². The van der Waals surface area contributed by atoms with Gasteiger partial charge in [0.05, 0.1) is 17.5 Å². The molecule has 3 heterocycles. The molecule has 0 saturated carbocycles. The Kier molecular flexibility index (Phi) is 4.61. The number of aromatic nitrogens is 3. The first kappa shape index (κ1) is 16.7. The lowest BCUT2D eigenvalue weighted by Crippen LogP contribution is -2.42. The lowest BCUT2D eigenvalue weighted by Gasteiger charge is -2.33. The van der Waals surface area contributed by atoms with Crippen molar-refractivity contribution in [3.63, 3.8) is 0 Å². The molecule has 2 aromatic heterocycles. The monoisotopic (exact) mass is 362 g/mol. The Balaban J connectivity index is 1.78. The SMILES string of the molecule is Cn1c(-c2cccs2)nn(CN2CCCC(C(F)(F)F)C2)c1=S. The highest BCUT2D eigenvalue weighted by molar-refractivity contribution is 7.71. The van der Waals surface area contributed by atoms with E-state index in [0.717, 1.165) is 10.7 Å². The average molecular weight is 362 g/mol. The quantitative estimate of drug-likeness (QED) is 0.775. The highest BCUT2D eigenvalue weighted by Crippen LogP contribution is 2.33. The van der Waals surface area contributed by atoms with Crippen molar-refractivity contribution < 1.29 is 13.2 Å². The van der Waals surface area contributed by atoms with Crippen LogP contribution in [0.25, 0.3) is 10.7 Å². The van der Waals surface area contributed by atoms with E-state index in [2.05, 4.69) is 5.10 Å². The van der Waals surface area contributed by atoms with Crippen LogP contribution in [0, 0.1) is 10.7 Å². The van der Waals surface area contributed by atoms with Crippen molar-refractivity contribution in [3.8, 4) is 10.7 Å². The van der Waals surface area contributed by atoms with E-state index in [9.17, 15) is 13.2 Å². The predicted octanol–water partition coefficient (Wildman–Crippen LogP) is 3.91. The normalized spacial score (nSPS) is 20.1. The molecule has 23 heavy (non-hydrogen) atoms. The first-order valence-electron chi connectivity index (χ1n) is 7.33. The van der Waals surface area contributed by atoms with E-state index in [4.69, 9.17) is 12.2 Å². The second-order valence-corrected chi connectivity index (χ2v) is 7.05. The summed E-state index contributed by atoms with van der Waals surface area (Å²) in [5.41, 5.74) is 0. The summed E-state index contributed by atoms with van der Waals surface area (Å²) in [5.74, 6) is -0.514. The van der Waals surface area contributed by atoms with E-state index >= 15 is 0 Å². The Morgan fingerprint density at radius 2 is 2.22 bits per heavy atom. The zero-order valence-corrected chi connectivity index (χ0v) is 14.2. The third kappa shape index (κ3) is 3.51. The summed E-state index contributed by atoms with van der Waals surface area (Å²) in [6, 6.07) is 3.88. The molecule has 1 aliphatic heterocycles. The average Bonchev–Trinajstić information content (AvgIpc) is 3.11. The second kappa shape index (κ2) is 6.37. The first-order valence-corrected chi connectivity index (χ1v) is 8.62. The fourth-order valence-corrected chi connectivity index (χ4v) is 3.77. The Morgan fingerprint density at radius 1 is 1.43 bits per heavy atom. The molecular weight excluding hydrogens is 345 g/mol. The third-order valence-corrected chi connectivity index (χ3v) is 5.44. The van der Waals surface area contributed by atoms with Gasteiger partial charge < -0.3 is 4.57 Å². The number of piperidine rings is 1. The minimum atomic E-state index is -4.13. The summed E-state index contributed by atoms with van der Waals surface area (Å²) < 4.78 is 42.7. The van der Waals surface area contributed by atoms with Crippen molar-refractivity contribution in [1.82, 2.24) is 19.2 Å². The van der Waals surface area contributed by atoms with Gasteiger partial charge in [-0.25, -0.2) is 4.68 Å². The first-order chi connectivity index (χ1) is 10.9. The van der Waals surface area contributed by atoms with E-state index in [-0.39, 0.29) is 13.0 Å². The van der Waals surface area contributed by atoms with Crippen molar-refractivity contribution in [2.24, 2.45) is 13.0 Å². The highest BCUT2D eigenvalue weighted by Gasteiger charge is 2.41. The van der Waals surface area contributed by atoms with Crippen molar-refractivity contribution in [2.75, 3.05) is 13.1 Å². The van der Waals surface area contributed by atoms with Gasteiger partial charge in [-0.15, -0.1) is 16.4 Å². The molecule has 1 saturated heterocycles. The van der Waals surface area contributed by atoms with Crippen molar-refractivity contribution in [2.45, 2.75) is 25.7 Å². The fourth-order valence-electron chi connectivity index (χ4n) is 2.84. The molecule has 0 amide bonds. The fraction of sp³-hybridized carbons (Fsp3) is 0.571. The van der Waals surface area contributed by atoms with Crippen molar-refractivity contribution in [3.05, 3.63) is 22.3 Å². The molecule has 2 aromatic rings. The summed E-state index contributed by atoms with van der Waals surface area (Å²) in [7, 11) is 1.83. The molecule has 0 bridgehead atoms. The topological polar surface area (TPSA) is 26.0 Å². The summed E-state index contributed by atoms with van der Waals surface area (Å²) in [4.78, 5) is 2.77. The minimum absolute atomic E-state index is 0.0101. The number of rotatable bonds is 3. The molecule has 1 aliphatic rings. The maximum atomic E-state index is 12.9. The van der Waals surface area contributed by atoms with Gasteiger partial charge in [0, 0.05) is 13.6 Å². The number of thiophene rings is 1. The van der Waals surface area contributed by atoms with Crippen LogP contribution in [0.2, 0.25) is 0 Å². The maximum absolute atomic E-state index is 12.9. The van der Waals surface area contributed by atoms with Gasteiger partial charge in [0.15, 0.2) is 10.6 Å². The zero-order valence-electron chi connectivity index (χ0n) is 12.6. The molecule has 0 aromatic carbocycles. The van der Waals surface area contributed by atoms with Crippen LogP contribution in [-0.2, 0) is 13.7 Å². The number of nitrogens with zero attached hydrogens (tertiary/aromatic N) is 4. The third-order valence-electron chi connectivity index (χ3n) is 4.08. The van der Waals surface area contributed by atoms with Gasteiger partial charge >= 0.3 is 6.18 Å². The van der Waals surface area contributed by atoms with Crippen molar-refractivity contribution in [1.29, 1.82) is 0 Å². The van der Waals surface area contributed by atoms with E-state index in [1.54, 1.807) is 25.5 Å². The zero-order chi connectivity index (χ0) is 16.6. The van der Waals surface area contributed by atoms with Gasteiger partial charge in [0.2, 0.25) is 0 Å². The van der Waals surface area contributed by atoms with E-state index < -0.39 is 12.1 Å². The molecule has 0 N–H and O–H groups in total. The molecule has 9 heteroatoms. The molecule has 0 aliphatic carbocycles. The molecule has 126 valence electrons. The Morgan fingerprint density at radius 3 is 2.87 bits per heavy atom.